The highest BCUT2D eigenvalue weighted by atomic mass is 32.2. The van der Waals surface area contributed by atoms with Crippen molar-refractivity contribution in [3.63, 3.8) is 0 Å². The molecule has 0 spiro atoms. The number of carbonyl (C=O) groups is 4. The monoisotopic (exact) mass is 331 g/mol. The van der Waals surface area contributed by atoms with Gasteiger partial charge in [-0.15, -0.1) is 0 Å². The van der Waals surface area contributed by atoms with E-state index in [9.17, 15) is 19.2 Å². The molecule has 0 fully saturated rings. The van der Waals surface area contributed by atoms with E-state index in [2.05, 4.69) is 16.0 Å². The molecule has 7 nitrogen and oxygen atoms in total. The number of rotatable bonds is 12. The van der Waals surface area contributed by atoms with E-state index in [0.29, 0.717) is 25.3 Å². The summed E-state index contributed by atoms with van der Waals surface area (Å²) in [5, 5.41) is 7.86. The molecule has 0 aliphatic rings. The second kappa shape index (κ2) is 13.1. The van der Waals surface area contributed by atoms with Gasteiger partial charge in [0.2, 0.25) is 17.7 Å². The van der Waals surface area contributed by atoms with Crippen LogP contribution < -0.4 is 16.0 Å². The second-order valence-electron chi connectivity index (χ2n) is 4.64. The highest BCUT2D eigenvalue weighted by Crippen LogP contribution is 1.96. The molecule has 0 saturated heterocycles. The van der Waals surface area contributed by atoms with Gasteiger partial charge in [-0.05, 0) is 12.7 Å². The molecule has 0 heterocycles. The molecule has 8 heteroatoms. The molecule has 0 bridgehead atoms. The summed E-state index contributed by atoms with van der Waals surface area (Å²) in [7, 11) is 0. The molecule has 0 aromatic carbocycles. The Labute approximate surface area is 135 Å². The number of thioether (sulfide) groups is 1. The predicted molar refractivity (Wildman–Crippen MR) is 86.6 cm³/mol. The van der Waals surface area contributed by atoms with Crippen molar-refractivity contribution in [2.24, 2.45) is 0 Å². The van der Waals surface area contributed by atoms with Crippen LogP contribution in [0, 0.1) is 0 Å². The van der Waals surface area contributed by atoms with Crippen LogP contribution in [0.15, 0.2) is 0 Å². The first kappa shape index (κ1) is 20.4. The number of hydrogen-bond acceptors (Lipinski definition) is 5. The number of nitrogens with one attached hydrogen (secondary N) is 3. The lowest BCUT2D eigenvalue weighted by Crippen LogP contribution is -2.34. The van der Waals surface area contributed by atoms with Crippen molar-refractivity contribution in [3.8, 4) is 0 Å². The molecule has 0 unspecified atom stereocenters. The van der Waals surface area contributed by atoms with Gasteiger partial charge in [-0.2, -0.15) is 11.8 Å². The Morgan fingerprint density at radius 2 is 1.23 bits per heavy atom. The van der Waals surface area contributed by atoms with E-state index in [1.165, 1.54) is 18.7 Å². The number of ketones is 1. The molecular formula is C14H25N3O4S. The van der Waals surface area contributed by atoms with Crippen molar-refractivity contribution >= 4 is 35.3 Å². The molecule has 126 valence electrons. The molecule has 0 radical (unpaired) electrons. The second-order valence-corrected chi connectivity index (χ2v) is 5.91. The molecule has 0 aliphatic carbocycles. The number of Topliss-reactive ketones (excluding diaryl/α,β-unsaturated/α-hetero) is 1. The van der Waals surface area contributed by atoms with Crippen LogP contribution in [0.25, 0.3) is 0 Å². The van der Waals surface area contributed by atoms with E-state index in [1.54, 1.807) is 0 Å². The van der Waals surface area contributed by atoms with Crippen molar-refractivity contribution in [1.82, 2.24) is 16.0 Å². The van der Waals surface area contributed by atoms with Crippen LogP contribution in [0.4, 0.5) is 0 Å². The van der Waals surface area contributed by atoms with E-state index < -0.39 is 0 Å². The summed E-state index contributed by atoms with van der Waals surface area (Å²) in [5.41, 5.74) is 0. The van der Waals surface area contributed by atoms with Crippen LogP contribution in [0.5, 0.6) is 0 Å². The Balaban J connectivity index is 3.55. The SMILES string of the molecule is CCSCC(=O)NCCC(=O)NCCC(=O)NCCC(C)=O. The molecule has 22 heavy (non-hydrogen) atoms. The average molecular weight is 331 g/mol. The number of hydrogen-bond donors (Lipinski definition) is 3. The average Bonchev–Trinajstić information content (AvgIpc) is 2.44. The van der Waals surface area contributed by atoms with Crippen molar-refractivity contribution in [3.05, 3.63) is 0 Å². The summed E-state index contributed by atoms with van der Waals surface area (Å²) < 4.78 is 0. The van der Waals surface area contributed by atoms with Crippen LogP contribution in [0.3, 0.4) is 0 Å². The Morgan fingerprint density at radius 3 is 1.68 bits per heavy atom. The fraction of sp³-hybridized carbons (Fsp3) is 0.714. The Hall–Kier alpha value is -1.57. The summed E-state index contributed by atoms with van der Waals surface area (Å²) in [6.45, 7) is 4.29. The van der Waals surface area contributed by atoms with E-state index in [1.807, 2.05) is 6.92 Å². The maximum Gasteiger partial charge on any atom is 0.230 e. The van der Waals surface area contributed by atoms with Crippen LogP contribution >= 0.6 is 11.8 Å². The van der Waals surface area contributed by atoms with Gasteiger partial charge < -0.3 is 16.0 Å². The van der Waals surface area contributed by atoms with Gasteiger partial charge in [-0.25, -0.2) is 0 Å². The Kier molecular flexibility index (Phi) is 12.2. The minimum Gasteiger partial charge on any atom is -0.356 e. The fourth-order valence-corrected chi connectivity index (χ4v) is 1.92. The van der Waals surface area contributed by atoms with E-state index in [-0.39, 0.29) is 42.9 Å². The minimum absolute atomic E-state index is 0.0213. The maximum atomic E-state index is 11.5. The van der Waals surface area contributed by atoms with Crippen LogP contribution in [0.1, 0.15) is 33.1 Å². The summed E-state index contributed by atoms with van der Waals surface area (Å²) in [6, 6.07) is 0. The highest BCUT2D eigenvalue weighted by molar-refractivity contribution is 7.99. The van der Waals surface area contributed by atoms with Crippen LogP contribution in [0.2, 0.25) is 0 Å². The molecule has 3 amide bonds. The number of carbonyl (C=O) groups excluding carboxylic acids is 4. The predicted octanol–water partition coefficient (Wildman–Crippen LogP) is -0.153. The lowest BCUT2D eigenvalue weighted by Gasteiger charge is -2.07. The van der Waals surface area contributed by atoms with Gasteiger partial charge in [-0.3, -0.25) is 19.2 Å². The van der Waals surface area contributed by atoms with Crippen molar-refractivity contribution in [2.45, 2.75) is 33.1 Å². The molecule has 0 aromatic rings. The fourth-order valence-electron chi connectivity index (χ4n) is 1.43. The van der Waals surface area contributed by atoms with Crippen LogP contribution in [-0.4, -0.2) is 54.6 Å². The molecule has 0 aliphatic heterocycles. The first-order chi connectivity index (χ1) is 10.5. The Bertz CT molecular complexity index is 388. The van der Waals surface area contributed by atoms with Gasteiger partial charge in [0.15, 0.2) is 0 Å². The summed E-state index contributed by atoms with van der Waals surface area (Å²) in [6.07, 6.45) is 0.672. The zero-order valence-electron chi connectivity index (χ0n) is 13.2. The van der Waals surface area contributed by atoms with Gasteiger partial charge in [-0.1, -0.05) is 6.92 Å². The number of amides is 3. The first-order valence-electron chi connectivity index (χ1n) is 7.33. The van der Waals surface area contributed by atoms with Crippen molar-refractivity contribution in [1.29, 1.82) is 0 Å². The topological polar surface area (TPSA) is 104 Å². The zero-order chi connectivity index (χ0) is 16.8. The van der Waals surface area contributed by atoms with Gasteiger partial charge in [0, 0.05) is 38.9 Å². The Morgan fingerprint density at radius 1 is 0.773 bits per heavy atom. The summed E-state index contributed by atoms with van der Waals surface area (Å²) >= 11 is 1.52. The standard InChI is InChI=1S/C14H25N3O4S/c1-3-22-10-14(21)17-9-6-13(20)16-8-5-12(19)15-7-4-11(2)18/h3-10H2,1-2H3,(H,15,19)(H,16,20)(H,17,21). The normalized spacial score (nSPS) is 9.91. The van der Waals surface area contributed by atoms with Crippen LogP contribution in [-0.2, 0) is 19.2 Å². The minimum atomic E-state index is -0.208. The van der Waals surface area contributed by atoms with E-state index in [4.69, 9.17) is 0 Å². The van der Waals surface area contributed by atoms with Gasteiger partial charge in [0.25, 0.3) is 0 Å². The zero-order valence-corrected chi connectivity index (χ0v) is 14.0. The van der Waals surface area contributed by atoms with Gasteiger partial charge in [0.05, 0.1) is 5.75 Å². The largest absolute Gasteiger partial charge is 0.356 e. The highest BCUT2D eigenvalue weighted by Gasteiger charge is 2.05. The van der Waals surface area contributed by atoms with Crippen molar-refractivity contribution in [2.75, 3.05) is 31.1 Å². The maximum absolute atomic E-state index is 11.5. The molecular weight excluding hydrogens is 306 g/mol. The quantitative estimate of drug-likeness (QED) is 0.461. The molecule has 3 N–H and O–H groups in total. The lowest BCUT2D eigenvalue weighted by molar-refractivity contribution is -0.122. The molecule has 0 saturated carbocycles. The summed E-state index contributed by atoms with van der Waals surface area (Å²) in [4.78, 5) is 44.8. The third-order valence-electron chi connectivity index (χ3n) is 2.58. The van der Waals surface area contributed by atoms with Gasteiger partial charge >= 0.3 is 0 Å². The molecule has 0 rings (SSSR count). The van der Waals surface area contributed by atoms with Gasteiger partial charge in [0.1, 0.15) is 5.78 Å². The third kappa shape index (κ3) is 13.4. The lowest BCUT2D eigenvalue weighted by atomic mass is 10.3. The molecule has 0 aromatic heterocycles. The van der Waals surface area contributed by atoms with E-state index >= 15 is 0 Å². The molecule has 0 atom stereocenters. The van der Waals surface area contributed by atoms with E-state index in [0.717, 1.165) is 5.75 Å². The van der Waals surface area contributed by atoms with Crippen molar-refractivity contribution < 1.29 is 19.2 Å². The third-order valence-corrected chi connectivity index (χ3v) is 3.46. The first-order valence-corrected chi connectivity index (χ1v) is 8.48. The summed E-state index contributed by atoms with van der Waals surface area (Å²) in [5.74, 6) is 0.810. The smallest absolute Gasteiger partial charge is 0.230 e.